The second-order valence-corrected chi connectivity index (χ2v) is 2.74. The van der Waals surface area contributed by atoms with Crippen molar-refractivity contribution in [1.82, 2.24) is 9.80 Å². The van der Waals surface area contributed by atoms with Gasteiger partial charge in [-0.1, -0.05) is 0 Å². The third-order valence-electron chi connectivity index (χ3n) is 1.88. The number of amides is 3. The van der Waals surface area contributed by atoms with Crippen LogP contribution in [0.2, 0.25) is 0 Å². The van der Waals surface area contributed by atoms with Gasteiger partial charge in [-0.3, -0.25) is 9.69 Å². The first-order chi connectivity index (χ1) is 7.32. The number of amidine groups is 1. The average molecular weight is 183 g/mol. The highest BCUT2D eigenvalue weighted by molar-refractivity contribution is 6.22. The fourth-order valence-corrected chi connectivity index (χ4v) is 1.21. The van der Waals surface area contributed by atoms with Gasteiger partial charge in [-0.2, -0.15) is 4.99 Å². The topological polar surface area (TPSA) is 65.3 Å². The molecule has 0 saturated carbocycles. The zero-order valence-corrected chi connectivity index (χ0v) is 6.76. The van der Waals surface area contributed by atoms with Crippen LogP contribution in [-0.4, -0.2) is 54.0 Å². The maximum absolute atomic E-state index is 11.8. The van der Waals surface area contributed by atoms with E-state index in [4.69, 9.17) is 4.11 Å². The van der Waals surface area contributed by atoms with Gasteiger partial charge in [-0.25, -0.2) is 9.79 Å². The maximum Gasteiger partial charge on any atom is 0.351 e. The van der Waals surface area contributed by atoms with E-state index in [1.54, 1.807) is 7.05 Å². The summed E-state index contributed by atoms with van der Waals surface area (Å²) < 4.78 is 21.3. The van der Waals surface area contributed by atoms with Gasteiger partial charge in [0.25, 0.3) is 5.91 Å². The van der Waals surface area contributed by atoms with Gasteiger partial charge >= 0.3 is 6.03 Å². The fourth-order valence-electron chi connectivity index (χ4n) is 1.21. The number of aliphatic imine (C=N–C) groups is 2. The first kappa shape index (κ1) is 5.11. The molecule has 3 amide bonds. The van der Waals surface area contributed by atoms with Gasteiger partial charge in [0.05, 0.1) is 6.34 Å². The Morgan fingerprint density at radius 1 is 1.62 bits per heavy atom. The molecule has 0 aliphatic carbocycles. The molecule has 68 valence electrons. The summed E-state index contributed by atoms with van der Waals surface area (Å²) >= 11 is 0. The van der Waals surface area contributed by atoms with Crippen LogP contribution in [0.4, 0.5) is 4.79 Å². The van der Waals surface area contributed by atoms with Crippen molar-refractivity contribution in [1.29, 1.82) is 0 Å². The van der Waals surface area contributed by atoms with Gasteiger partial charge in [-0.05, 0) is 0 Å². The third kappa shape index (κ3) is 0.947. The van der Waals surface area contributed by atoms with Crippen LogP contribution in [0, 0.1) is 0 Å². The Balaban J connectivity index is 2.43. The number of imide groups is 1. The van der Waals surface area contributed by atoms with Gasteiger partial charge in [0.1, 0.15) is 0 Å². The molecule has 2 rings (SSSR count). The number of fused-ring (bicyclic) bond motifs is 1. The standard InChI is InChI=1S/C7H8N4O2/c1-10-3-8-5-4(10)6(12)11(2)7(13)9-5/h3-4H,1-2H3/i2D3. The Kier molecular flexibility index (Phi) is 0.935. The lowest BCUT2D eigenvalue weighted by atomic mass is 10.2. The highest BCUT2D eigenvalue weighted by Crippen LogP contribution is 2.15. The lowest BCUT2D eigenvalue weighted by molar-refractivity contribution is -0.129. The lowest BCUT2D eigenvalue weighted by Crippen LogP contribution is -2.51. The van der Waals surface area contributed by atoms with Crippen molar-refractivity contribution in [3.8, 4) is 0 Å². The van der Waals surface area contributed by atoms with Crippen molar-refractivity contribution in [2.24, 2.45) is 9.98 Å². The second-order valence-electron chi connectivity index (χ2n) is 2.74. The number of carbonyl (C=O) groups excluding carboxylic acids is 2. The third-order valence-corrected chi connectivity index (χ3v) is 1.88. The van der Waals surface area contributed by atoms with E-state index in [1.165, 1.54) is 11.2 Å². The smallest absolute Gasteiger partial charge is 0.347 e. The van der Waals surface area contributed by atoms with Crippen LogP contribution in [0.1, 0.15) is 4.11 Å². The Bertz CT molecular complexity index is 428. The van der Waals surface area contributed by atoms with Gasteiger partial charge in [0, 0.05) is 18.1 Å². The van der Waals surface area contributed by atoms with Crippen molar-refractivity contribution in [2.45, 2.75) is 6.04 Å². The Morgan fingerprint density at radius 3 is 3.08 bits per heavy atom. The zero-order chi connectivity index (χ0) is 12.1. The molecule has 0 radical (unpaired) electrons. The number of hydrogen-bond acceptors (Lipinski definition) is 4. The zero-order valence-electron chi connectivity index (χ0n) is 9.76. The molecule has 0 aromatic rings. The number of rotatable bonds is 0. The first-order valence-electron chi connectivity index (χ1n) is 5.05. The van der Waals surface area contributed by atoms with Gasteiger partial charge in [-0.15, -0.1) is 0 Å². The summed E-state index contributed by atoms with van der Waals surface area (Å²) in [7, 11) is 1.56. The monoisotopic (exact) mass is 183 g/mol. The molecule has 0 aromatic heterocycles. The van der Waals surface area contributed by atoms with Gasteiger partial charge in [0.15, 0.2) is 11.9 Å². The number of hydrogen-bond donors (Lipinski definition) is 0. The fraction of sp³-hybridized carbons (Fsp3) is 0.429. The van der Waals surface area contributed by atoms with Crippen molar-refractivity contribution in [3.05, 3.63) is 0 Å². The molecular formula is C7H8N4O2. The molecule has 0 fully saturated rings. The molecule has 0 N–H and O–H groups in total. The van der Waals surface area contributed by atoms with E-state index < -0.39 is 25.0 Å². The van der Waals surface area contributed by atoms with Crippen LogP contribution in [0.3, 0.4) is 0 Å². The molecule has 0 saturated heterocycles. The van der Waals surface area contributed by atoms with E-state index in [-0.39, 0.29) is 10.7 Å². The molecule has 0 bridgehead atoms. The highest BCUT2D eigenvalue weighted by Gasteiger charge is 2.39. The minimum atomic E-state index is -2.81. The van der Waals surface area contributed by atoms with E-state index in [1.807, 2.05) is 0 Å². The first-order valence-corrected chi connectivity index (χ1v) is 3.55. The molecule has 2 aliphatic heterocycles. The summed E-state index contributed by atoms with van der Waals surface area (Å²) in [4.78, 5) is 32.0. The van der Waals surface area contributed by atoms with Crippen molar-refractivity contribution >= 4 is 24.1 Å². The highest BCUT2D eigenvalue weighted by atomic mass is 16.2. The second kappa shape index (κ2) is 2.38. The van der Waals surface area contributed by atoms with E-state index in [9.17, 15) is 9.59 Å². The number of carbonyl (C=O) groups is 2. The summed E-state index contributed by atoms with van der Waals surface area (Å²) in [5.74, 6) is -0.784. The minimum absolute atomic E-state index is 0.0398. The van der Waals surface area contributed by atoms with Crippen LogP contribution >= 0.6 is 0 Å². The molecule has 1 atom stereocenters. The Morgan fingerprint density at radius 2 is 2.38 bits per heavy atom. The van der Waals surface area contributed by atoms with Crippen molar-refractivity contribution < 1.29 is 13.7 Å². The normalized spacial score (nSPS) is 31.0. The van der Waals surface area contributed by atoms with Crippen LogP contribution < -0.4 is 0 Å². The molecule has 0 aromatic carbocycles. The van der Waals surface area contributed by atoms with E-state index in [0.29, 0.717) is 0 Å². The SMILES string of the molecule is [2H]C([2H])([2H])N1C(=O)N=C2N=CN(C)C2C1=O. The number of urea groups is 1. The van der Waals surface area contributed by atoms with E-state index >= 15 is 0 Å². The minimum Gasteiger partial charge on any atom is -0.347 e. The van der Waals surface area contributed by atoms with E-state index in [0.717, 1.165) is 0 Å². The Labute approximate surface area is 78.8 Å². The largest absolute Gasteiger partial charge is 0.351 e. The molecule has 0 spiro atoms. The molecule has 6 heteroatoms. The summed E-state index contributed by atoms with van der Waals surface area (Å²) in [5.41, 5.74) is 0. The predicted molar refractivity (Wildman–Crippen MR) is 45.6 cm³/mol. The van der Waals surface area contributed by atoms with Gasteiger partial charge < -0.3 is 4.90 Å². The molecule has 2 heterocycles. The average Bonchev–Trinajstić information content (AvgIpc) is 2.44. The predicted octanol–water partition coefficient (Wildman–Crippen LogP) is -0.681. The molecule has 6 nitrogen and oxygen atoms in total. The lowest BCUT2D eigenvalue weighted by Gasteiger charge is -2.25. The Hall–Kier alpha value is -1.72. The summed E-state index contributed by atoms with van der Waals surface area (Å²) in [6.45, 7) is -2.81. The van der Waals surface area contributed by atoms with Crippen LogP contribution in [0.15, 0.2) is 9.98 Å². The summed E-state index contributed by atoms with van der Waals surface area (Å²) in [5, 5.41) is 0. The molecular weight excluding hydrogens is 172 g/mol. The molecule has 13 heavy (non-hydrogen) atoms. The van der Waals surface area contributed by atoms with Crippen LogP contribution in [0.25, 0.3) is 0 Å². The number of likely N-dealkylation sites (N-methyl/N-ethyl adjacent to an activating group) is 2. The maximum atomic E-state index is 11.8. The van der Waals surface area contributed by atoms with Crippen LogP contribution in [0.5, 0.6) is 0 Å². The quantitative estimate of drug-likeness (QED) is 0.499. The molecule has 1 unspecified atom stereocenters. The van der Waals surface area contributed by atoms with Crippen molar-refractivity contribution in [2.75, 3.05) is 14.0 Å². The summed E-state index contributed by atoms with van der Waals surface area (Å²) in [6, 6.07) is -2.00. The summed E-state index contributed by atoms with van der Waals surface area (Å²) in [6.07, 6.45) is 1.33. The van der Waals surface area contributed by atoms with Crippen LogP contribution in [-0.2, 0) is 4.79 Å². The molecule has 2 aliphatic rings. The van der Waals surface area contributed by atoms with Gasteiger partial charge in [0.2, 0.25) is 0 Å². The van der Waals surface area contributed by atoms with Crippen molar-refractivity contribution in [3.63, 3.8) is 0 Å². The number of nitrogens with zero attached hydrogens (tertiary/aromatic N) is 4. The van der Waals surface area contributed by atoms with E-state index in [2.05, 4.69) is 9.98 Å².